The first-order chi connectivity index (χ1) is 10.1. The average molecular weight is 294 g/mol. The van der Waals surface area contributed by atoms with Crippen LogP contribution in [0, 0.1) is 11.8 Å². The molecular formula is C15H26N4O2. The largest absolute Gasteiger partial charge is 0.395 e. The number of aliphatic hydroxyl groups excluding tert-OH is 1. The molecule has 21 heavy (non-hydrogen) atoms. The van der Waals surface area contributed by atoms with E-state index in [-0.39, 0.29) is 25.6 Å². The fourth-order valence-electron chi connectivity index (χ4n) is 3.02. The number of hydrogen-bond acceptors (Lipinski definition) is 4. The quantitative estimate of drug-likeness (QED) is 0.737. The van der Waals surface area contributed by atoms with E-state index in [0.29, 0.717) is 12.0 Å². The predicted molar refractivity (Wildman–Crippen MR) is 81.9 cm³/mol. The van der Waals surface area contributed by atoms with Crippen LogP contribution in [-0.4, -0.2) is 40.0 Å². The standard InChI is InChI=1S/C15H26N4O2/c1-11-3-4-14(12(2)7-11)18-13-8-17-19(9-13)10-15(21)16-5-6-20/h8-9,11-12,14,18,20H,3-7,10H2,1-2H3,(H,16,21)/t11-,12+,14-/m1/s1. The lowest BCUT2D eigenvalue weighted by atomic mass is 9.80. The van der Waals surface area contributed by atoms with Crippen LogP contribution in [0.3, 0.4) is 0 Å². The summed E-state index contributed by atoms with van der Waals surface area (Å²) in [7, 11) is 0. The Labute approximate surface area is 125 Å². The number of nitrogens with one attached hydrogen (secondary N) is 2. The van der Waals surface area contributed by atoms with Gasteiger partial charge in [-0.15, -0.1) is 0 Å². The van der Waals surface area contributed by atoms with Gasteiger partial charge < -0.3 is 15.7 Å². The Bertz CT molecular complexity index is 460. The molecule has 118 valence electrons. The number of aliphatic hydroxyl groups is 1. The zero-order valence-electron chi connectivity index (χ0n) is 12.9. The molecule has 1 aliphatic carbocycles. The van der Waals surface area contributed by atoms with E-state index in [1.54, 1.807) is 10.9 Å². The number of anilines is 1. The zero-order chi connectivity index (χ0) is 15.2. The van der Waals surface area contributed by atoms with E-state index in [1.165, 1.54) is 19.3 Å². The van der Waals surface area contributed by atoms with Crippen LogP contribution in [0.1, 0.15) is 33.1 Å². The Morgan fingerprint density at radius 1 is 1.48 bits per heavy atom. The molecule has 3 N–H and O–H groups in total. The maximum absolute atomic E-state index is 11.6. The molecule has 6 heteroatoms. The summed E-state index contributed by atoms with van der Waals surface area (Å²) in [6.07, 6.45) is 7.34. The molecule has 0 aliphatic heterocycles. The van der Waals surface area contributed by atoms with E-state index < -0.39 is 0 Å². The third-order valence-electron chi connectivity index (χ3n) is 4.16. The molecule has 1 aromatic heterocycles. The monoisotopic (exact) mass is 294 g/mol. The highest BCUT2D eigenvalue weighted by Gasteiger charge is 2.25. The number of carbonyl (C=O) groups excluding carboxylic acids is 1. The van der Waals surface area contributed by atoms with Crippen LogP contribution >= 0.6 is 0 Å². The van der Waals surface area contributed by atoms with Crippen molar-refractivity contribution in [1.82, 2.24) is 15.1 Å². The summed E-state index contributed by atoms with van der Waals surface area (Å²) in [6.45, 7) is 5.02. The first-order valence-corrected chi connectivity index (χ1v) is 7.75. The van der Waals surface area contributed by atoms with Crippen molar-refractivity contribution in [2.75, 3.05) is 18.5 Å². The molecule has 1 aliphatic rings. The Morgan fingerprint density at radius 3 is 3.00 bits per heavy atom. The summed E-state index contributed by atoms with van der Waals surface area (Å²) in [4.78, 5) is 11.6. The highest BCUT2D eigenvalue weighted by molar-refractivity contribution is 5.75. The number of amides is 1. The SMILES string of the molecule is C[C@@H]1CC[C@@H](Nc2cnn(CC(=O)NCCO)c2)[C@@H](C)C1. The molecule has 0 radical (unpaired) electrons. The Morgan fingerprint density at radius 2 is 2.29 bits per heavy atom. The van der Waals surface area contributed by atoms with Gasteiger partial charge >= 0.3 is 0 Å². The van der Waals surface area contributed by atoms with Gasteiger partial charge in [-0.25, -0.2) is 0 Å². The van der Waals surface area contributed by atoms with Crippen molar-refractivity contribution in [3.05, 3.63) is 12.4 Å². The van der Waals surface area contributed by atoms with Crippen LogP contribution < -0.4 is 10.6 Å². The van der Waals surface area contributed by atoms with Crippen LogP contribution in [0.4, 0.5) is 5.69 Å². The summed E-state index contributed by atoms with van der Waals surface area (Å²) in [6, 6.07) is 0.488. The molecule has 6 nitrogen and oxygen atoms in total. The molecule has 1 fully saturated rings. The fourth-order valence-corrected chi connectivity index (χ4v) is 3.02. The number of carbonyl (C=O) groups is 1. The molecule has 0 spiro atoms. The molecule has 2 rings (SSSR count). The minimum absolute atomic E-state index is 0.0460. The summed E-state index contributed by atoms with van der Waals surface area (Å²) in [5, 5.41) is 19.0. The maximum Gasteiger partial charge on any atom is 0.241 e. The van der Waals surface area contributed by atoms with Crippen molar-refractivity contribution >= 4 is 11.6 Å². The third kappa shape index (κ3) is 4.74. The van der Waals surface area contributed by atoms with E-state index >= 15 is 0 Å². The topological polar surface area (TPSA) is 79.2 Å². The van der Waals surface area contributed by atoms with Crippen LogP contribution in [0.25, 0.3) is 0 Å². The van der Waals surface area contributed by atoms with Gasteiger partial charge in [0.15, 0.2) is 0 Å². The predicted octanol–water partition coefficient (Wildman–Crippen LogP) is 1.23. The van der Waals surface area contributed by atoms with Crippen molar-refractivity contribution in [2.24, 2.45) is 11.8 Å². The molecule has 0 saturated heterocycles. The van der Waals surface area contributed by atoms with Crippen molar-refractivity contribution in [2.45, 2.75) is 45.7 Å². The Hall–Kier alpha value is -1.56. The lowest BCUT2D eigenvalue weighted by molar-refractivity contribution is -0.122. The van der Waals surface area contributed by atoms with Gasteiger partial charge in [0.05, 0.1) is 18.5 Å². The minimum Gasteiger partial charge on any atom is -0.395 e. The second kappa shape index (κ2) is 7.45. The summed E-state index contributed by atoms with van der Waals surface area (Å²) >= 11 is 0. The van der Waals surface area contributed by atoms with Gasteiger partial charge in [0.1, 0.15) is 6.54 Å². The summed E-state index contributed by atoms with van der Waals surface area (Å²) in [5.41, 5.74) is 0.969. The van der Waals surface area contributed by atoms with E-state index in [2.05, 4.69) is 29.6 Å². The second-order valence-electron chi connectivity index (χ2n) is 6.15. The summed E-state index contributed by atoms with van der Waals surface area (Å²) in [5.74, 6) is 1.33. The maximum atomic E-state index is 11.6. The van der Waals surface area contributed by atoms with Crippen LogP contribution in [-0.2, 0) is 11.3 Å². The van der Waals surface area contributed by atoms with Gasteiger partial charge in [-0.1, -0.05) is 13.8 Å². The van der Waals surface area contributed by atoms with Gasteiger partial charge in [-0.2, -0.15) is 5.10 Å². The van der Waals surface area contributed by atoms with Crippen LogP contribution in [0.15, 0.2) is 12.4 Å². The van der Waals surface area contributed by atoms with Crippen LogP contribution in [0.5, 0.6) is 0 Å². The van der Waals surface area contributed by atoms with Gasteiger partial charge in [-0.05, 0) is 31.1 Å². The molecule has 3 atom stereocenters. The molecular weight excluding hydrogens is 268 g/mol. The molecule has 0 aromatic carbocycles. The zero-order valence-corrected chi connectivity index (χ0v) is 12.9. The molecule has 1 amide bonds. The molecule has 0 bridgehead atoms. The van der Waals surface area contributed by atoms with Crippen LogP contribution in [0.2, 0.25) is 0 Å². The third-order valence-corrected chi connectivity index (χ3v) is 4.16. The van der Waals surface area contributed by atoms with Gasteiger partial charge in [0, 0.05) is 18.8 Å². The summed E-state index contributed by atoms with van der Waals surface area (Å²) < 4.78 is 1.62. The van der Waals surface area contributed by atoms with Gasteiger partial charge in [-0.3, -0.25) is 9.48 Å². The fraction of sp³-hybridized carbons (Fsp3) is 0.733. The van der Waals surface area contributed by atoms with Crippen molar-refractivity contribution < 1.29 is 9.90 Å². The lowest BCUT2D eigenvalue weighted by Gasteiger charge is -2.33. The number of hydrogen-bond donors (Lipinski definition) is 3. The number of aromatic nitrogens is 2. The second-order valence-corrected chi connectivity index (χ2v) is 6.15. The van der Waals surface area contributed by atoms with E-state index in [1.807, 2.05) is 6.20 Å². The minimum atomic E-state index is -0.140. The van der Waals surface area contributed by atoms with E-state index in [9.17, 15) is 4.79 Å². The number of nitrogens with zero attached hydrogens (tertiary/aromatic N) is 2. The normalized spacial score (nSPS) is 25.6. The van der Waals surface area contributed by atoms with Crippen molar-refractivity contribution in [1.29, 1.82) is 0 Å². The first kappa shape index (κ1) is 15.8. The number of rotatable bonds is 6. The molecule has 1 heterocycles. The first-order valence-electron chi connectivity index (χ1n) is 7.75. The molecule has 0 unspecified atom stereocenters. The van der Waals surface area contributed by atoms with Gasteiger partial charge in [0.2, 0.25) is 5.91 Å². The molecule has 1 aromatic rings. The molecule has 1 saturated carbocycles. The average Bonchev–Trinajstić information content (AvgIpc) is 2.87. The van der Waals surface area contributed by atoms with E-state index in [0.717, 1.165) is 11.6 Å². The van der Waals surface area contributed by atoms with E-state index in [4.69, 9.17) is 5.11 Å². The van der Waals surface area contributed by atoms with Crippen molar-refractivity contribution in [3.63, 3.8) is 0 Å². The highest BCUT2D eigenvalue weighted by Crippen LogP contribution is 2.30. The van der Waals surface area contributed by atoms with Crippen molar-refractivity contribution in [3.8, 4) is 0 Å². The highest BCUT2D eigenvalue weighted by atomic mass is 16.3. The lowest BCUT2D eigenvalue weighted by Crippen LogP contribution is -2.32. The smallest absolute Gasteiger partial charge is 0.241 e. The van der Waals surface area contributed by atoms with Gasteiger partial charge in [0.25, 0.3) is 0 Å². The Kier molecular flexibility index (Phi) is 5.61. The Balaban J connectivity index is 1.84.